The number of carbonyl (C=O) groups is 3. The molecule has 188 valence electrons. The molecule has 0 amide bonds. The second-order valence-electron chi connectivity index (χ2n) is 9.33. The van der Waals surface area contributed by atoms with Gasteiger partial charge in [0.05, 0.1) is 12.5 Å². The number of methoxy groups -OCH3 is 1. The lowest BCUT2D eigenvalue weighted by molar-refractivity contribution is -0.164. The van der Waals surface area contributed by atoms with E-state index in [1.54, 1.807) is 32.9 Å². The second kappa shape index (κ2) is 13.6. The third kappa shape index (κ3) is 9.02. The number of hydrogen-bond acceptors (Lipinski definition) is 7. The molecule has 0 spiro atoms. The van der Waals surface area contributed by atoms with E-state index in [1.165, 1.54) is 13.2 Å². The molecule has 1 heterocycles. The molecule has 8 heteroatoms. The molecular weight excluding hydrogens is 428 g/mol. The largest absolute Gasteiger partial charge is 0.481 e. The molecule has 1 aliphatic rings. The van der Waals surface area contributed by atoms with Gasteiger partial charge in [-0.15, -0.1) is 0 Å². The van der Waals surface area contributed by atoms with Crippen LogP contribution in [-0.4, -0.2) is 64.6 Å². The van der Waals surface area contributed by atoms with Gasteiger partial charge in [-0.25, -0.2) is 4.79 Å². The summed E-state index contributed by atoms with van der Waals surface area (Å²) in [7, 11) is 1.38. The van der Waals surface area contributed by atoms with Gasteiger partial charge in [0.1, 0.15) is 18.0 Å². The van der Waals surface area contributed by atoms with Crippen LogP contribution in [0.3, 0.4) is 0 Å². The summed E-state index contributed by atoms with van der Waals surface area (Å²) < 4.78 is 10.8. The zero-order valence-electron chi connectivity index (χ0n) is 20.6. The summed E-state index contributed by atoms with van der Waals surface area (Å²) >= 11 is 0. The highest BCUT2D eigenvalue weighted by atomic mass is 16.6. The minimum atomic E-state index is -1.70. The molecule has 0 bridgehead atoms. The first kappa shape index (κ1) is 29.0. The SMILES string of the molecule is CO[C@H](CC(=O)O)[C@@H](C)C(=O)[C@H](C)/C=C(\C)[C@H]1OC(=O)[C@H](O)[C@H](O)/C=C\[C@H](C)CCC[C@@H]1C. The van der Waals surface area contributed by atoms with Gasteiger partial charge in [0.25, 0.3) is 0 Å². The lowest BCUT2D eigenvalue weighted by Gasteiger charge is -2.28. The number of aliphatic hydroxyl groups excluding tert-OH is 2. The van der Waals surface area contributed by atoms with Gasteiger partial charge in [-0.1, -0.05) is 52.3 Å². The summed E-state index contributed by atoms with van der Waals surface area (Å²) in [6, 6.07) is 0. The lowest BCUT2D eigenvalue weighted by atomic mass is 9.86. The van der Waals surface area contributed by atoms with Crippen LogP contribution in [0.1, 0.15) is 60.3 Å². The van der Waals surface area contributed by atoms with Crippen molar-refractivity contribution in [2.45, 2.75) is 84.7 Å². The Morgan fingerprint density at radius 2 is 1.85 bits per heavy atom. The fourth-order valence-electron chi connectivity index (χ4n) is 4.22. The number of ether oxygens (including phenoxy) is 2. The van der Waals surface area contributed by atoms with Crippen molar-refractivity contribution in [1.82, 2.24) is 0 Å². The van der Waals surface area contributed by atoms with Gasteiger partial charge in [-0.3, -0.25) is 9.59 Å². The molecule has 0 aliphatic carbocycles. The Labute approximate surface area is 196 Å². The molecule has 1 rings (SSSR count). The standard InChI is InChI=1S/C25H40O8/c1-14-8-7-9-15(2)24(33-25(31)23(30)19(26)11-10-14)17(4)12-16(3)22(29)18(5)20(32-6)13-21(27)28/h10-12,14-16,18-20,23-24,26,30H,7-9,13H2,1-6H3,(H,27,28)/b11-10-,17-12+/t14-,15+,16-,18-,19-,20-,23-,24+/m1/s1. The van der Waals surface area contributed by atoms with Crippen LogP contribution in [-0.2, 0) is 23.9 Å². The first-order valence-electron chi connectivity index (χ1n) is 11.6. The van der Waals surface area contributed by atoms with Crippen LogP contribution in [0.2, 0.25) is 0 Å². The molecule has 0 radical (unpaired) electrons. The normalized spacial score (nSPS) is 31.3. The average molecular weight is 469 g/mol. The minimum Gasteiger partial charge on any atom is -0.481 e. The van der Waals surface area contributed by atoms with Crippen molar-refractivity contribution in [2.24, 2.45) is 23.7 Å². The maximum Gasteiger partial charge on any atom is 0.338 e. The van der Waals surface area contributed by atoms with E-state index in [1.807, 2.05) is 13.8 Å². The van der Waals surface area contributed by atoms with Crippen LogP contribution in [0.25, 0.3) is 0 Å². The lowest BCUT2D eigenvalue weighted by Crippen LogP contribution is -2.39. The Hall–Kier alpha value is -2.03. The third-order valence-electron chi connectivity index (χ3n) is 6.38. The van der Waals surface area contributed by atoms with Crippen LogP contribution in [0.5, 0.6) is 0 Å². The van der Waals surface area contributed by atoms with Crippen LogP contribution >= 0.6 is 0 Å². The van der Waals surface area contributed by atoms with E-state index >= 15 is 0 Å². The predicted octanol–water partition coefficient (Wildman–Crippen LogP) is 2.91. The molecule has 0 fully saturated rings. The number of hydrogen-bond donors (Lipinski definition) is 3. The number of carboxylic acid groups (broad SMARTS) is 1. The second-order valence-corrected chi connectivity index (χ2v) is 9.33. The number of aliphatic carboxylic acids is 1. The molecule has 0 aromatic rings. The molecule has 0 saturated heterocycles. The summed E-state index contributed by atoms with van der Waals surface area (Å²) in [5.41, 5.74) is 0.665. The molecule has 0 unspecified atom stereocenters. The summed E-state index contributed by atoms with van der Waals surface area (Å²) in [6.07, 6.45) is 2.76. The molecule has 0 aromatic heterocycles. The topological polar surface area (TPSA) is 130 Å². The number of allylic oxidation sites excluding steroid dienone is 2. The van der Waals surface area contributed by atoms with E-state index in [0.717, 1.165) is 19.3 Å². The van der Waals surface area contributed by atoms with E-state index in [9.17, 15) is 24.6 Å². The minimum absolute atomic E-state index is 0.0661. The van der Waals surface area contributed by atoms with E-state index < -0.39 is 48.2 Å². The molecule has 0 aromatic carbocycles. The Bertz CT molecular complexity index is 728. The van der Waals surface area contributed by atoms with Crippen molar-refractivity contribution in [3.8, 4) is 0 Å². The molecule has 3 N–H and O–H groups in total. The molecular formula is C25H40O8. The molecule has 8 nitrogen and oxygen atoms in total. The van der Waals surface area contributed by atoms with Crippen LogP contribution in [0.15, 0.2) is 23.8 Å². The summed E-state index contributed by atoms with van der Waals surface area (Å²) in [4.78, 5) is 36.5. The van der Waals surface area contributed by atoms with Gasteiger partial charge in [0.2, 0.25) is 0 Å². The van der Waals surface area contributed by atoms with Crippen molar-refractivity contribution in [2.75, 3.05) is 7.11 Å². The number of esters is 1. The number of carboxylic acids is 1. The fraction of sp³-hybridized carbons (Fsp3) is 0.720. The zero-order chi connectivity index (χ0) is 25.3. The number of cyclic esters (lactones) is 1. The number of ketones is 1. The molecule has 1 aliphatic heterocycles. The third-order valence-corrected chi connectivity index (χ3v) is 6.38. The van der Waals surface area contributed by atoms with Crippen molar-refractivity contribution in [3.05, 3.63) is 23.8 Å². The van der Waals surface area contributed by atoms with Gasteiger partial charge in [0.15, 0.2) is 6.10 Å². The summed E-state index contributed by atoms with van der Waals surface area (Å²) in [5.74, 6) is -3.20. The van der Waals surface area contributed by atoms with Crippen LogP contribution in [0.4, 0.5) is 0 Å². The first-order chi connectivity index (χ1) is 15.4. The monoisotopic (exact) mass is 468 g/mol. The quantitative estimate of drug-likeness (QED) is 0.366. The first-order valence-corrected chi connectivity index (χ1v) is 11.6. The highest BCUT2D eigenvalue weighted by Gasteiger charge is 2.32. The highest BCUT2D eigenvalue weighted by molar-refractivity contribution is 5.85. The maximum atomic E-state index is 12.9. The van der Waals surface area contributed by atoms with Crippen molar-refractivity contribution < 1.29 is 39.2 Å². The summed E-state index contributed by atoms with van der Waals surface area (Å²) in [6.45, 7) is 9.09. The molecule has 8 atom stereocenters. The molecule has 33 heavy (non-hydrogen) atoms. The van der Waals surface area contributed by atoms with Crippen molar-refractivity contribution in [1.29, 1.82) is 0 Å². The van der Waals surface area contributed by atoms with Gasteiger partial charge in [-0.2, -0.15) is 0 Å². The van der Waals surface area contributed by atoms with E-state index in [0.29, 0.717) is 5.57 Å². The highest BCUT2D eigenvalue weighted by Crippen LogP contribution is 2.27. The Morgan fingerprint density at radius 3 is 2.42 bits per heavy atom. The van der Waals surface area contributed by atoms with Crippen LogP contribution < -0.4 is 0 Å². The smallest absolute Gasteiger partial charge is 0.338 e. The van der Waals surface area contributed by atoms with E-state index in [2.05, 4.69) is 0 Å². The average Bonchev–Trinajstić information content (AvgIpc) is 2.76. The van der Waals surface area contributed by atoms with E-state index in [4.69, 9.17) is 14.6 Å². The Balaban J connectivity index is 3.09. The fourth-order valence-corrected chi connectivity index (χ4v) is 4.22. The number of rotatable bonds is 8. The van der Waals surface area contributed by atoms with E-state index in [-0.39, 0.29) is 24.0 Å². The van der Waals surface area contributed by atoms with Crippen molar-refractivity contribution >= 4 is 17.7 Å². The van der Waals surface area contributed by atoms with Gasteiger partial charge in [0, 0.05) is 18.9 Å². The van der Waals surface area contributed by atoms with Gasteiger partial charge < -0.3 is 24.8 Å². The zero-order valence-corrected chi connectivity index (χ0v) is 20.6. The predicted molar refractivity (Wildman–Crippen MR) is 123 cm³/mol. The Morgan fingerprint density at radius 1 is 1.21 bits per heavy atom. The number of carbonyl (C=O) groups excluding carboxylic acids is 2. The number of Topliss-reactive ketones (excluding diaryl/α,β-unsaturated/α-hetero) is 1. The van der Waals surface area contributed by atoms with Crippen molar-refractivity contribution in [3.63, 3.8) is 0 Å². The van der Waals surface area contributed by atoms with Gasteiger partial charge >= 0.3 is 11.9 Å². The van der Waals surface area contributed by atoms with Crippen LogP contribution in [0, 0.1) is 23.7 Å². The molecule has 0 saturated carbocycles. The number of aliphatic hydroxyl groups is 2. The maximum absolute atomic E-state index is 12.9. The Kier molecular flexibility index (Phi) is 12.0. The summed E-state index contributed by atoms with van der Waals surface area (Å²) in [5, 5.41) is 29.3. The van der Waals surface area contributed by atoms with Gasteiger partial charge in [-0.05, 0) is 37.2 Å².